The summed E-state index contributed by atoms with van der Waals surface area (Å²) in [5.41, 5.74) is 0. The first-order valence-electron chi connectivity index (χ1n) is 8.43. The number of rotatable bonds is 13. The zero-order chi connectivity index (χ0) is 15.4. The lowest BCUT2D eigenvalue weighted by Gasteiger charge is -2.28. The molecule has 20 heavy (non-hydrogen) atoms. The van der Waals surface area contributed by atoms with Gasteiger partial charge in [-0.3, -0.25) is 4.79 Å². The van der Waals surface area contributed by atoms with Crippen molar-refractivity contribution in [3.05, 3.63) is 0 Å². The maximum Gasteiger partial charge on any atom is 0.308 e. The van der Waals surface area contributed by atoms with E-state index < -0.39 is 5.97 Å². The molecule has 0 aliphatic rings. The molecule has 120 valence electrons. The quantitative estimate of drug-likeness (QED) is 0.504. The molecule has 0 radical (unpaired) electrons. The van der Waals surface area contributed by atoms with Gasteiger partial charge in [0.15, 0.2) is 0 Å². The first kappa shape index (κ1) is 19.4. The molecule has 0 aromatic carbocycles. The molecule has 0 saturated carbocycles. The largest absolute Gasteiger partial charge is 0.481 e. The van der Waals surface area contributed by atoms with Gasteiger partial charge < -0.3 is 10.0 Å². The second-order valence-corrected chi connectivity index (χ2v) is 6.15. The normalized spacial score (nSPS) is 14.4. The number of carbonyl (C=O) groups is 1. The second-order valence-electron chi connectivity index (χ2n) is 6.15. The minimum absolute atomic E-state index is 0.164. The van der Waals surface area contributed by atoms with E-state index >= 15 is 0 Å². The van der Waals surface area contributed by atoms with Crippen LogP contribution in [0.3, 0.4) is 0 Å². The molecule has 0 amide bonds. The Morgan fingerprint density at radius 1 is 0.950 bits per heavy atom. The number of nitrogens with zero attached hydrogens (tertiary/aromatic N) is 1. The highest BCUT2D eigenvalue weighted by Crippen LogP contribution is 2.20. The fourth-order valence-electron chi connectivity index (χ4n) is 2.99. The third-order valence-electron chi connectivity index (χ3n) is 4.23. The van der Waals surface area contributed by atoms with E-state index in [-0.39, 0.29) is 12.0 Å². The minimum atomic E-state index is -0.631. The van der Waals surface area contributed by atoms with Crippen molar-refractivity contribution in [2.24, 2.45) is 5.92 Å². The lowest BCUT2D eigenvalue weighted by atomic mass is 9.90. The van der Waals surface area contributed by atoms with Gasteiger partial charge in [0.2, 0.25) is 0 Å². The molecule has 0 aliphatic heterocycles. The molecule has 0 aromatic heterocycles. The Morgan fingerprint density at radius 3 is 1.85 bits per heavy atom. The lowest BCUT2D eigenvalue weighted by Crippen LogP contribution is -2.38. The smallest absolute Gasteiger partial charge is 0.308 e. The highest BCUT2D eigenvalue weighted by molar-refractivity contribution is 5.70. The van der Waals surface area contributed by atoms with Crippen molar-refractivity contribution in [3.63, 3.8) is 0 Å². The second kappa shape index (κ2) is 12.2. The molecule has 2 atom stereocenters. The molecule has 0 bridgehead atoms. The van der Waals surface area contributed by atoms with E-state index in [1.165, 1.54) is 44.9 Å². The van der Waals surface area contributed by atoms with Crippen LogP contribution < -0.4 is 0 Å². The number of aliphatic carboxylic acids is 1. The van der Waals surface area contributed by atoms with Crippen molar-refractivity contribution >= 4 is 5.97 Å². The zero-order valence-corrected chi connectivity index (χ0v) is 14.0. The van der Waals surface area contributed by atoms with Crippen LogP contribution in [0.4, 0.5) is 0 Å². The average Bonchev–Trinajstić information content (AvgIpc) is 2.39. The molecule has 0 saturated heterocycles. The van der Waals surface area contributed by atoms with Crippen LogP contribution in [0.5, 0.6) is 0 Å². The molecule has 0 aromatic rings. The van der Waals surface area contributed by atoms with Gasteiger partial charge in [-0.25, -0.2) is 0 Å². The molecule has 1 N–H and O–H groups in total. The van der Waals surface area contributed by atoms with Gasteiger partial charge in [-0.15, -0.1) is 0 Å². The SMILES string of the molecule is CCCCCCCCCCC(C(=O)O)C(CC)N(C)C. The maximum atomic E-state index is 11.4. The van der Waals surface area contributed by atoms with Crippen molar-refractivity contribution < 1.29 is 9.90 Å². The summed E-state index contributed by atoms with van der Waals surface area (Å²) >= 11 is 0. The molecule has 0 fully saturated rings. The van der Waals surface area contributed by atoms with Gasteiger partial charge in [0.1, 0.15) is 0 Å². The van der Waals surface area contributed by atoms with Gasteiger partial charge in [0.05, 0.1) is 5.92 Å². The van der Waals surface area contributed by atoms with E-state index in [1.807, 2.05) is 14.1 Å². The van der Waals surface area contributed by atoms with Crippen LogP contribution in [0, 0.1) is 5.92 Å². The predicted molar refractivity (Wildman–Crippen MR) is 86.1 cm³/mol. The third kappa shape index (κ3) is 8.57. The highest BCUT2D eigenvalue weighted by atomic mass is 16.4. The summed E-state index contributed by atoms with van der Waals surface area (Å²) in [5.74, 6) is -0.844. The van der Waals surface area contributed by atoms with Gasteiger partial charge >= 0.3 is 5.97 Å². The Kier molecular flexibility index (Phi) is 11.8. The number of carboxylic acids is 1. The summed E-state index contributed by atoms with van der Waals surface area (Å²) in [7, 11) is 3.97. The lowest BCUT2D eigenvalue weighted by molar-refractivity contribution is -0.144. The summed E-state index contributed by atoms with van der Waals surface area (Å²) in [6.07, 6.45) is 11.9. The summed E-state index contributed by atoms with van der Waals surface area (Å²) in [6, 6.07) is 0.164. The van der Waals surface area contributed by atoms with Crippen LogP contribution in [0.15, 0.2) is 0 Å². The van der Waals surface area contributed by atoms with E-state index in [9.17, 15) is 9.90 Å². The van der Waals surface area contributed by atoms with Crippen LogP contribution in [-0.4, -0.2) is 36.1 Å². The molecular weight excluding hydrogens is 250 g/mol. The maximum absolute atomic E-state index is 11.4. The Labute approximate surface area is 125 Å². The summed E-state index contributed by atoms with van der Waals surface area (Å²) < 4.78 is 0. The van der Waals surface area contributed by atoms with E-state index in [0.29, 0.717) is 0 Å². The van der Waals surface area contributed by atoms with Gasteiger partial charge in [-0.1, -0.05) is 65.2 Å². The topological polar surface area (TPSA) is 40.5 Å². The number of hydrogen-bond acceptors (Lipinski definition) is 2. The first-order valence-corrected chi connectivity index (χ1v) is 8.43. The third-order valence-corrected chi connectivity index (χ3v) is 4.23. The summed E-state index contributed by atoms with van der Waals surface area (Å²) in [5, 5.41) is 9.40. The van der Waals surface area contributed by atoms with Crippen LogP contribution in [0.25, 0.3) is 0 Å². The fourth-order valence-corrected chi connectivity index (χ4v) is 2.99. The van der Waals surface area contributed by atoms with Crippen LogP contribution >= 0.6 is 0 Å². The molecular formula is C17H35NO2. The van der Waals surface area contributed by atoms with Gasteiger partial charge in [0, 0.05) is 6.04 Å². The van der Waals surface area contributed by atoms with E-state index in [4.69, 9.17) is 0 Å². The number of hydrogen-bond donors (Lipinski definition) is 1. The van der Waals surface area contributed by atoms with Gasteiger partial charge in [-0.05, 0) is 26.9 Å². The van der Waals surface area contributed by atoms with Crippen molar-refractivity contribution in [2.75, 3.05) is 14.1 Å². The number of carboxylic acid groups (broad SMARTS) is 1. The molecule has 3 heteroatoms. The monoisotopic (exact) mass is 285 g/mol. The summed E-state index contributed by atoms with van der Waals surface area (Å²) in [4.78, 5) is 13.5. The number of unbranched alkanes of at least 4 members (excludes halogenated alkanes) is 7. The van der Waals surface area contributed by atoms with Crippen LogP contribution in [0.2, 0.25) is 0 Å². The van der Waals surface area contributed by atoms with Crippen LogP contribution in [-0.2, 0) is 4.79 Å². The predicted octanol–water partition coefficient (Wildman–Crippen LogP) is 4.56. The van der Waals surface area contributed by atoms with Crippen LogP contribution in [0.1, 0.15) is 78.1 Å². The zero-order valence-electron chi connectivity index (χ0n) is 14.0. The molecule has 0 spiro atoms. The molecule has 2 unspecified atom stereocenters. The Hall–Kier alpha value is -0.570. The summed E-state index contributed by atoms with van der Waals surface area (Å²) in [6.45, 7) is 4.31. The molecule has 0 heterocycles. The fraction of sp³-hybridized carbons (Fsp3) is 0.941. The Balaban J connectivity index is 3.85. The van der Waals surface area contributed by atoms with Crippen molar-refractivity contribution in [3.8, 4) is 0 Å². The van der Waals surface area contributed by atoms with Crippen molar-refractivity contribution in [1.29, 1.82) is 0 Å². The van der Waals surface area contributed by atoms with E-state index in [0.717, 1.165) is 19.3 Å². The van der Waals surface area contributed by atoms with E-state index in [2.05, 4.69) is 18.7 Å². The minimum Gasteiger partial charge on any atom is -0.481 e. The van der Waals surface area contributed by atoms with E-state index in [1.54, 1.807) is 0 Å². The highest BCUT2D eigenvalue weighted by Gasteiger charge is 2.27. The standard InChI is InChI=1S/C17H35NO2/c1-5-7-8-9-10-11-12-13-14-15(17(19)20)16(6-2)18(3)4/h15-16H,5-14H2,1-4H3,(H,19,20). The molecule has 3 nitrogen and oxygen atoms in total. The molecule has 0 aliphatic carbocycles. The first-order chi connectivity index (χ1) is 9.54. The molecule has 0 rings (SSSR count). The average molecular weight is 285 g/mol. The Morgan fingerprint density at radius 2 is 1.45 bits per heavy atom. The van der Waals surface area contributed by atoms with Crippen molar-refractivity contribution in [1.82, 2.24) is 4.90 Å². The van der Waals surface area contributed by atoms with Gasteiger partial charge in [-0.2, -0.15) is 0 Å². The van der Waals surface area contributed by atoms with Crippen molar-refractivity contribution in [2.45, 2.75) is 84.1 Å². The Bertz CT molecular complexity index is 241. The van der Waals surface area contributed by atoms with Gasteiger partial charge in [0.25, 0.3) is 0 Å².